The third-order valence-corrected chi connectivity index (χ3v) is 4.68. The molecule has 3 nitrogen and oxygen atoms in total. The van der Waals surface area contributed by atoms with Gasteiger partial charge in [-0.15, -0.1) is 0 Å². The Morgan fingerprint density at radius 2 is 2.16 bits per heavy atom. The van der Waals surface area contributed by atoms with Crippen LogP contribution < -0.4 is 10.1 Å². The van der Waals surface area contributed by atoms with Gasteiger partial charge in [-0.2, -0.15) is 0 Å². The molecule has 1 heterocycles. The number of nitrogens with one attached hydrogen (secondary N) is 1. The first-order valence-corrected chi connectivity index (χ1v) is 7.55. The van der Waals surface area contributed by atoms with Crippen molar-refractivity contribution in [3.63, 3.8) is 0 Å². The first-order chi connectivity index (χ1) is 9.33. The SMILES string of the molecule is CCCNC(c1ncccc1OC)C1CC2CC2C1. The second kappa shape index (κ2) is 5.49. The van der Waals surface area contributed by atoms with Crippen molar-refractivity contribution in [3.05, 3.63) is 24.0 Å². The molecule has 0 bridgehead atoms. The highest BCUT2D eigenvalue weighted by Crippen LogP contribution is 2.57. The summed E-state index contributed by atoms with van der Waals surface area (Å²) in [5.74, 6) is 3.67. The molecule has 2 aliphatic rings. The van der Waals surface area contributed by atoms with Crippen molar-refractivity contribution in [2.75, 3.05) is 13.7 Å². The molecule has 1 N–H and O–H groups in total. The van der Waals surface area contributed by atoms with Crippen LogP contribution in [0, 0.1) is 17.8 Å². The Balaban J connectivity index is 1.80. The van der Waals surface area contributed by atoms with Crippen molar-refractivity contribution in [1.82, 2.24) is 10.3 Å². The van der Waals surface area contributed by atoms with Crippen LogP contribution in [0.25, 0.3) is 0 Å². The molecule has 0 aliphatic heterocycles. The molecule has 3 atom stereocenters. The lowest BCUT2D eigenvalue weighted by Crippen LogP contribution is -2.29. The lowest BCUT2D eigenvalue weighted by atomic mass is 9.91. The van der Waals surface area contributed by atoms with Crippen molar-refractivity contribution in [1.29, 1.82) is 0 Å². The fraction of sp³-hybridized carbons (Fsp3) is 0.688. The molecule has 0 saturated heterocycles. The van der Waals surface area contributed by atoms with Crippen LogP contribution in [0.3, 0.4) is 0 Å². The van der Waals surface area contributed by atoms with Crippen molar-refractivity contribution in [3.8, 4) is 5.75 Å². The van der Waals surface area contributed by atoms with E-state index >= 15 is 0 Å². The molecule has 0 spiro atoms. The average molecular weight is 260 g/mol. The zero-order chi connectivity index (χ0) is 13.2. The monoisotopic (exact) mass is 260 g/mol. The smallest absolute Gasteiger partial charge is 0.141 e. The summed E-state index contributed by atoms with van der Waals surface area (Å²) in [5.41, 5.74) is 1.10. The topological polar surface area (TPSA) is 34.2 Å². The third-order valence-electron chi connectivity index (χ3n) is 4.68. The van der Waals surface area contributed by atoms with Gasteiger partial charge in [0.1, 0.15) is 5.75 Å². The molecule has 0 radical (unpaired) electrons. The minimum Gasteiger partial charge on any atom is -0.495 e. The number of nitrogens with zero attached hydrogens (tertiary/aromatic N) is 1. The normalized spacial score (nSPS) is 29.9. The van der Waals surface area contributed by atoms with Crippen molar-refractivity contribution in [2.45, 2.75) is 38.6 Å². The number of fused-ring (bicyclic) bond motifs is 1. The largest absolute Gasteiger partial charge is 0.495 e. The van der Waals surface area contributed by atoms with Crippen LogP contribution in [0.1, 0.15) is 44.3 Å². The van der Waals surface area contributed by atoms with Gasteiger partial charge < -0.3 is 10.1 Å². The number of ether oxygens (including phenoxy) is 1. The minimum atomic E-state index is 0.365. The number of hydrogen-bond donors (Lipinski definition) is 1. The summed E-state index contributed by atoms with van der Waals surface area (Å²) in [6, 6.07) is 4.34. The molecule has 2 saturated carbocycles. The molecular formula is C16H24N2O. The summed E-state index contributed by atoms with van der Waals surface area (Å²) < 4.78 is 5.50. The number of hydrogen-bond acceptors (Lipinski definition) is 3. The Hall–Kier alpha value is -1.09. The van der Waals surface area contributed by atoms with Crippen LogP contribution in [0.15, 0.2) is 18.3 Å². The third kappa shape index (κ3) is 2.62. The first-order valence-electron chi connectivity index (χ1n) is 7.55. The van der Waals surface area contributed by atoms with Crippen LogP contribution in [0.2, 0.25) is 0 Å². The van der Waals surface area contributed by atoms with Gasteiger partial charge in [0.15, 0.2) is 0 Å². The zero-order valence-electron chi connectivity index (χ0n) is 11.9. The number of rotatable bonds is 6. The van der Waals surface area contributed by atoms with E-state index in [1.165, 1.54) is 19.3 Å². The highest BCUT2D eigenvalue weighted by atomic mass is 16.5. The van der Waals surface area contributed by atoms with Gasteiger partial charge in [0.05, 0.1) is 18.8 Å². The minimum absolute atomic E-state index is 0.365. The Kier molecular flexibility index (Phi) is 3.74. The Bertz CT molecular complexity index is 425. The van der Waals surface area contributed by atoms with Crippen molar-refractivity contribution in [2.24, 2.45) is 17.8 Å². The standard InChI is InChI=1S/C16H24N2O/c1-3-6-17-15(13-9-11-8-12(11)10-13)16-14(19-2)5-4-7-18-16/h4-5,7,11-13,15,17H,3,6,8-10H2,1-2H3. The van der Waals surface area contributed by atoms with E-state index < -0.39 is 0 Å². The van der Waals surface area contributed by atoms with Crippen LogP contribution >= 0.6 is 0 Å². The highest BCUT2D eigenvalue weighted by Gasteiger charge is 2.48. The number of pyridine rings is 1. The Labute approximate surface area is 115 Å². The van der Waals surface area contributed by atoms with Crippen LogP contribution in [0.5, 0.6) is 5.75 Å². The van der Waals surface area contributed by atoms with Crippen LogP contribution in [0.4, 0.5) is 0 Å². The predicted octanol–water partition coefficient (Wildman–Crippen LogP) is 3.18. The number of aromatic nitrogens is 1. The van der Waals surface area contributed by atoms with Gasteiger partial charge in [0.25, 0.3) is 0 Å². The maximum Gasteiger partial charge on any atom is 0.141 e. The molecule has 0 aromatic carbocycles. The second-order valence-electron chi connectivity index (χ2n) is 6.01. The maximum absolute atomic E-state index is 5.50. The van der Waals surface area contributed by atoms with E-state index in [0.29, 0.717) is 6.04 Å². The van der Waals surface area contributed by atoms with E-state index in [-0.39, 0.29) is 0 Å². The molecule has 3 rings (SSSR count). The lowest BCUT2D eigenvalue weighted by Gasteiger charge is -2.26. The molecule has 104 valence electrons. The molecule has 3 heteroatoms. The first kappa shape index (κ1) is 12.9. The van der Waals surface area contributed by atoms with Crippen LogP contribution in [-0.2, 0) is 0 Å². The summed E-state index contributed by atoms with van der Waals surface area (Å²) in [7, 11) is 1.74. The van der Waals surface area contributed by atoms with E-state index in [1.807, 2.05) is 18.3 Å². The molecule has 1 aromatic rings. The lowest BCUT2D eigenvalue weighted by molar-refractivity contribution is 0.319. The van der Waals surface area contributed by atoms with Gasteiger partial charge in [0, 0.05) is 6.20 Å². The van der Waals surface area contributed by atoms with E-state index in [0.717, 1.165) is 42.2 Å². The Morgan fingerprint density at radius 1 is 1.37 bits per heavy atom. The number of methoxy groups -OCH3 is 1. The van der Waals surface area contributed by atoms with Crippen LogP contribution in [-0.4, -0.2) is 18.6 Å². The maximum atomic E-state index is 5.50. The molecule has 2 fully saturated rings. The summed E-state index contributed by atoms with van der Waals surface area (Å²) in [6.45, 7) is 3.27. The quantitative estimate of drug-likeness (QED) is 0.853. The zero-order valence-corrected chi connectivity index (χ0v) is 11.9. The van der Waals surface area contributed by atoms with Gasteiger partial charge in [-0.3, -0.25) is 4.98 Å². The molecule has 19 heavy (non-hydrogen) atoms. The van der Waals surface area contributed by atoms with E-state index in [9.17, 15) is 0 Å². The summed E-state index contributed by atoms with van der Waals surface area (Å²) in [5, 5.41) is 3.70. The van der Waals surface area contributed by atoms with Gasteiger partial charge >= 0.3 is 0 Å². The summed E-state index contributed by atoms with van der Waals surface area (Å²) in [4.78, 5) is 4.60. The predicted molar refractivity (Wildman–Crippen MR) is 76.1 cm³/mol. The molecule has 3 unspecified atom stereocenters. The van der Waals surface area contributed by atoms with Gasteiger partial charge in [-0.1, -0.05) is 6.92 Å². The molecule has 1 aromatic heterocycles. The van der Waals surface area contributed by atoms with E-state index in [1.54, 1.807) is 7.11 Å². The molecule has 0 amide bonds. The second-order valence-corrected chi connectivity index (χ2v) is 6.01. The highest BCUT2D eigenvalue weighted by molar-refractivity contribution is 5.30. The summed E-state index contributed by atoms with van der Waals surface area (Å²) in [6.07, 6.45) is 7.24. The van der Waals surface area contributed by atoms with E-state index in [2.05, 4.69) is 17.2 Å². The van der Waals surface area contributed by atoms with Gasteiger partial charge in [-0.25, -0.2) is 0 Å². The van der Waals surface area contributed by atoms with Crippen molar-refractivity contribution < 1.29 is 4.74 Å². The molecule has 2 aliphatic carbocycles. The fourth-order valence-corrected chi connectivity index (χ4v) is 3.63. The van der Waals surface area contributed by atoms with Gasteiger partial charge in [0.2, 0.25) is 0 Å². The summed E-state index contributed by atoms with van der Waals surface area (Å²) >= 11 is 0. The van der Waals surface area contributed by atoms with Gasteiger partial charge in [-0.05, 0) is 62.1 Å². The fourth-order valence-electron chi connectivity index (χ4n) is 3.63. The Morgan fingerprint density at radius 3 is 2.84 bits per heavy atom. The molecular weight excluding hydrogens is 236 g/mol. The van der Waals surface area contributed by atoms with Crippen molar-refractivity contribution >= 4 is 0 Å². The average Bonchev–Trinajstić information content (AvgIpc) is 3.06. The van der Waals surface area contributed by atoms with E-state index in [4.69, 9.17) is 4.74 Å².